The SMILES string of the molecule is CC/C=C/C=C/C=C/CCCCCCCC(=O)OCC(COC(=O)CCC/C=C/C/C=C/C/C=C/CCCCCCCC)OC(=O)CCCCCCCCC/C=C/CCCCCC. The Morgan fingerprint density at radius 2 is 0.698 bits per heavy atom. The molecule has 0 aliphatic rings. The molecule has 0 aromatic heterocycles. The molecule has 0 N–H and O–H groups in total. The molecule has 6 nitrogen and oxygen atoms in total. The van der Waals surface area contributed by atoms with Gasteiger partial charge in [-0.2, -0.15) is 0 Å². The fourth-order valence-electron chi connectivity index (χ4n) is 6.98. The van der Waals surface area contributed by atoms with E-state index in [9.17, 15) is 14.4 Å². The van der Waals surface area contributed by atoms with Gasteiger partial charge in [-0.05, 0) is 96.3 Å². The second-order valence-corrected chi connectivity index (χ2v) is 17.1. The van der Waals surface area contributed by atoms with Gasteiger partial charge in [0.1, 0.15) is 13.2 Å². The number of ether oxygens (including phenoxy) is 3. The third-order valence-corrected chi connectivity index (χ3v) is 10.9. The largest absolute Gasteiger partial charge is 0.462 e. The summed E-state index contributed by atoms with van der Waals surface area (Å²) in [6.07, 6.45) is 65.7. The normalized spacial score (nSPS) is 12.7. The molecule has 6 heteroatoms. The highest BCUT2D eigenvalue weighted by Gasteiger charge is 2.19. The Kier molecular flexibility index (Phi) is 48.5. The first kappa shape index (κ1) is 59.6. The van der Waals surface area contributed by atoms with E-state index in [4.69, 9.17) is 14.2 Å². The summed E-state index contributed by atoms with van der Waals surface area (Å²) in [5.74, 6) is -0.983. The second kappa shape index (κ2) is 51.2. The molecule has 0 bridgehead atoms. The van der Waals surface area contributed by atoms with E-state index in [1.807, 2.05) is 0 Å². The maximum atomic E-state index is 12.8. The minimum absolute atomic E-state index is 0.105. The highest BCUT2D eigenvalue weighted by molar-refractivity contribution is 5.71. The predicted molar refractivity (Wildman–Crippen MR) is 270 cm³/mol. The summed E-state index contributed by atoms with van der Waals surface area (Å²) in [4.78, 5) is 38.0. The van der Waals surface area contributed by atoms with Crippen molar-refractivity contribution in [2.75, 3.05) is 13.2 Å². The zero-order chi connectivity index (χ0) is 45.8. The monoisotopic (exact) mass is 877 g/mol. The van der Waals surface area contributed by atoms with Crippen molar-refractivity contribution in [3.8, 4) is 0 Å². The topological polar surface area (TPSA) is 78.9 Å². The van der Waals surface area contributed by atoms with Crippen LogP contribution in [0.15, 0.2) is 85.1 Å². The second-order valence-electron chi connectivity index (χ2n) is 17.1. The highest BCUT2D eigenvalue weighted by atomic mass is 16.6. The molecule has 0 aliphatic carbocycles. The van der Waals surface area contributed by atoms with Crippen LogP contribution in [-0.4, -0.2) is 37.2 Å². The third-order valence-electron chi connectivity index (χ3n) is 10.9. The van der Waals surface area contributed by atoms with Gasteiger partial charge >= 0.3 is 17.9 Å². The maximum Gasteiger partial charge on any atom is 0.306 e. The number of unbranched alkanes of at least 4 members (excludes halogenated alkanes) is 23. The number of esters is 3. The average Bonchev–Trinajstić information content (AvgIpc) is 3.28. The van der Waals surface area contributed by atoms with Gasteiger partial charge in [-0.3, -0.25) is 14.4 Å². The lowest BCUT2D eigenvalue weighted by Crippen LogP contribution is -2.30. The van der Waals surface area contributed by atoms with Crippen molar-refractivity contribution >= 4 is 17.9 Å². The molecule has 0 amide bonds. The Labute approximate surface area is 388 Å². The quantitative estimate of drug-likeness (QED) is 0.0199. The van der Waals surface area contributed by atoms with Crippen molar-refractivity contribution in [1.29, 1.82) is 0 Å². The van der Waals surface area contributed by atoms with Crippen LogP contribution in [0.2, 0.25) is 0 Å². The van der Waals surface area contributed by atoms with Gasteiger partial charge in [0.2, 0.25) is 0 Å². The van der Waals surface area contributed by atoms with Gasteiger partial charge < -0.3 is 14.2 Å². The molecular formula is C57H96O6. The Morgan fingerprint density at radius 3 is 1.19 bits per heavy atom. The van der Waals surface area contributed by atoms with Crippen LogP contribution in [0, 0.1) is 0 Å². The van der Waals surface area contributed by atoms with Crippen molar-refractivity contribution in [3.63, 3.8) is 0 Å². The molecule has 0 fully saturated rings. The standard InChI is InChI=1S/C57H96O6/c1-4-7-10-13-16-19-22-25-27-28-30-32-35-38-41-44-47-50-56(59)62-53-54(52-61-55(58)49-46-43-40-37-34-31-24-21-18-15-12-9-6-3)63-57(60)51-48-45-42-39-36-33-29-26-23-20-17-14-11-8-5-2/h9,12,15,18,20-21,23-25,27,30,32,38,41,54H,4-8,10-11,13-14,16-17,19,22,26,28-29,31,33-37,39-40,42-53H2,1-3H3/b12-9+,18-15+,23-20+,24-21+,27-25+,32-30+,41-38+. The van der Waals surface area contributed by atoms with Crippen molar-refractivity contribution < 1.29 is 28.6 Å². The number of carbonyl (C=O) groups excluding carboxylic acids is 3. The van der Waals surface area contributed by atoms with Gasteiger partial charge in [-0.15, -0.1) is 0 Å². The molecule has 1 unspecified atom stereocenters. The lowest BCUT2D eigenvalue weighted by Gasteiger charge is -2.18. The van der Waals surface area contributed by atoms with E-state index in [1.54, 1.807) is 0 Å². The van der Waals surface area contributed by atoms with E-state index >= 15 is 0 Å². The van der Waals surface area contributed by atoms with Gasteiger partial charge in [-0.25, -0.2) is 0 Å². The lowest BCUT2D eigenvalue weighted by molar-refractivity contribution is -0.167. The zero-order valence-electron chi connectivity index (χ0n) is 41.1. The van der Waals surface area contributed by atoms with E-state index in [0.29, 0.717) is 19.3 Å². The van der Waals surface area contributed by atoms with E-state index in [0.717, 1.165) is 83.5 Å². The van der Waals surface area contributed by atoms with E-state index in [-0.39, 0.29) is 37.5 Å². The number of hydrogen-bond acceptors (Lipinski definition) is 6. The molecule has 1 atom stereocenters. The van der Waals surface area contributed by atoms with Gasteiger partial charge in [0, 0.05) is 19.3 Å². The van der Waals surface area contributed by atoms with Crippen molar-refractivity contribution in [2.45, 2.75) is 245 Å². The van der Waals surface area contributed by atoms with Crippen LogP contribution < -0.4 is 0 Å². The molecule has 0 saturated heterocycles. The number of hydrogen-bond donors (Lipinski definition) is 0. The summed E-state index contributed by atoms with van der Waals surface area (Å²) in [5.41, 5.74) is 0. The average molecular weight is 877 g/mol. The molecule has 0 heterocycles. The van der Waals surface area contributed by atoms with Crippen molar-refractivity contribution in [2.24, 2.45) is 0 Å². The number of carbonyl (C=O) groups is 3. The minimum Gasteiger partial charge on any atom is -0.462 e. The summed E-state index contributed by atoms with van der Waals surface area (Å²) in [5, 5.41) is 0. The molecule has 0 rings (SSSR count). The van der Waals surface area contributed by atoms with Crippen LogP contribution in [0.25, 0.3) is 0 Å². The van der Waals surface area contributed by atoms with Crippen molar-refractivity contribution in [1.82, 2.24) is 0 Å². The van der Waals surface area contributed by atoms with Crippen LogP contribution in [0.4, 0.5) is 0 Å². The smallest absolute Gasteiger partial charge is 0.306 e. The molecule has 360 valence electrons. The van der Waals surface area contributed by atoms with E-state index < -0.39 is 6.10 Å². The highest BCUT2D eigenvalue weighted by Crippen LogP contribution is 2.14. The van der Waals surface area contributed by atoms with Crippen LogP contribution >= 0.6 is 0 Å². The van der Waals surface area contributed by atoms with Gasteiger partial charge in [-0.1, -0.05) is 209 Å². The van der Waals surface area contributed by atoms with Crippen molar-refractivity contribution in [3.05, 3.63) is 85.1 Å². The molecule has 0 spiro atoms. The molecular weight excluding hydrogens is 781 g/mol. The van der Waals surface area contributed by atoms with Crippen LogP contribution in [0.5, 0.6) is 0 Å². The van der Waals surface area contributed by atoms with Crippen LogP contribution in [0.1, 0.15) is 239 Å². The first-order valence-corrected chi connectivity index (χ1v) is 26.1. The predicted octanol–water partition coefficient (Wildman–Crippen LogP) is 17.2. The molecule has 0 radical (unpaired) electrons. The molecule has 0 aromatic rings. The summed E-state index contributed by atoms with van der Waals surface area (Å²) in [7, 11) is 0. The number of allylic oxidation sites excluding steroid dienone is 14. The third kappa shape index (κ3) is 49.5. The first-order valence-electron chi connectivity index (χ1n) is 26.1. The minimum atomic E-state index is -0.807. The Bertz CT molecular complexity index is 1240. The fraction of sp³-hybridized carbons (Fsp3) is 0.702. The summed E-state index contributed by atoms with van der Waals surface area (Å²) < 4.78 is 16.7. The summed E-state index contributed by atoms with van der Waals surface area (Å²) in [6.45, 7) is 6.42. The summed E-state index contributed by atoms with van der Waals surface area (Å²) in [6, 6.07) is 0. The van der Waals surface area contributed by atoms with Crippen LogP contribution in [0.3, 0.4) is 0 Å². The van der Waals surface area contributed by atoms with E-state index in [1.165, 1.54) is 109 Å². The Morgan fingerprint density at radius 1 is 0.349 bits per heavy atom. The van der Waals surface area contributed by atoms with Crippen LogP contribution in [-0.2, 0) is 28.6 Å². The molecule has 0 saturated carbocycles. The number of rotatable bonds is 46. The maximum absolute atomic E-state index is 12.8. The van der Waals surface area contributed by atoms with Gasteiger partial charge in [0.15, 0.2) is 6.10 Å². The van der Waals surface area contributed by atoms with Gasteiger partial charge in [0.25, 0.3) is 0 Å². The Balaban J connectivity index is 4.49. The zero-order valence-corrected chi connectivity index (χ0v) is 41.1. The van der Waals surface area contributed by atoms with Gasteiger partial charge in [0.05, 0.1) is 0 Å². The fourth-order valence-corrected chi connectivity index (χ4v) is 6.98. The van der Waals surface area contributed by atoms with E-state index in [2.05, 4.69) is 106 Å². The first-order chi connectivity index (χ1) is 31.0. The Hall–Kier alpha value is -3.41. The summed E-state index contributed by atoms with van der Waals surface area (Å²) >= 11 is 0. The molecule has 0 aliphatic heterocycles. The molecule has 63 heavy (non-hydrogen) atoms. The molecule has 0 aromatic carbocycles. The lowest BCUT2D eigenvalue weighted by atomic mass is 10.1.